The number of ether oxygens (including phenoxy) is 3. The molecule has 5 N–H and O–H groups in total. The van der Waals surface area contributed by atoms with Gasteiger partial charge in [0, 0.05) is 11.1 Å². The number of benzene rings is 1. The number of carbonyl (C=O) groups excluding carboxylic acids is 5. The first-order chi connectivity index (χ1) is 21.2. The van der Waals surface area contributed by atoms with Crippen LogP contribution in [0.4, 0.5) is 5.13 Å². The Morgan fingerprint density at radius 2 is 1.91 bits per heavy atom. The summed E-state index contributed by atoms with van der Waals surface area (Å²) in [6.45, 7) is 0.883. The standard InChI is InChI=1S/C27H28N6O9S2/c1-3-4-5-15-11-43-24-20(31-22(35)19(32-39-2)17-12-44-27(29)30-17)23(36)33(24)21(15)26(38)41-13-40-25(37)14-6-8-16(9-7-14)42-18(34)10-28/h4-9,12,20,24H,3,10-11,13,28H2,1-2H3,(H2,29,30)(H,31,35)/b5-4-,32-19-/t20-,24-/m1/s1. The van der Waals surface area contributed by atoms with Gasteiger partial charge in [-0.25, -0.2) is 14.6 Å². The van der Waals surface area contributed by atoms with Crippen LogP contribution in [0.5, 0.6) is 5.75 Å². The molecular formula is C27H28N6O9S2. The third-order valence-electron chi connectivity index (χ3n) is 6.06. The molecule has 2 atom stereocenters. The van der Waals surface area contributed by atoms with E-state index in [1.807, 2.05) is 13.0 Å². The highest BCUT2D eigenvalue weighted by molar-refractivity contribution is 8.00. The van der Waals surface area contributed by atoms with Crippen LogP contribution in [-0.2, 0) is 33.5 Å². The lowest BCUT2D eigenvalue weighted by Gasteiger charge is -2.49. The number of β-lactam (4-membered cyclic amide) rings is 1. The number of nitrogens with zero attached hydrogens (tertiary/aromatic N) is 3. The van der Waals surface area contributed by atoms with Crippen molar-refractivity contribution in [3.63, 3.8) is 0 Å². The van der Waals surface area contributed by atoms with Gasteiger partial charge in [0.15, 0.2) is 10.8 Å². The van der Waals surface area contributed by atoms with Crippen LogP contribution < -0.4 is 21.5 Å². The highest BCUT2D eigenvalue weighted by atomic mass is 32.2. The van der Waals surface area contributed by atoms with Crippen LogP contribution >= 0.6 is 23.1 Å². The van der Waals surface area contributed by atoms with E-state index in [1.54, 1.807) is 6.08 Å². The van der Waals surface area contributed by atoms with Crippen molar-refractivity contribution in [1.82, 2.24) is 15.2 Å². The molecule has 17 heteroatoms. The summed E-state index contributed by atoms with van der Waals surface area (Å²) in [5.74, 6) is -3.06. The smallest absolute Gasteiger partial charge is 0.358 e. The Kier molecular flexibility index (Phi) is 10.7. The summed E-state index contributed by atoms with van der Waals surface area (Å²) in [5.41, 5.74) is 11.5. The minimum atomic E-state index is -0.977. The van der Waals surface area contributed by atoms with Gasteiger partial charge in [-0.15, -0.1) is 23.1 Å². The normalized spacial score (nSPS) is 17.9. The van der Waals surface area contributed by atoms with Crippen molar-refractivity contribution >= 4 is 63.7 Å². The van der Waals surface area contributed by atoms with Gasteiger partial charge in [-0.1, -0.05) is 24.2 Å². The number of esters is 3. The van der Waals surface area contributed by atoms with Gasteiger partial charge in [-0.05, 0) is 36.3 Å². The lowest BCUT2D eigenvalue weighted by molar-refractivity contribution is -0.157. The molecule has 0 aliphatic carbocycles. The summed E-state index contributed by atoms with van der Waals surface area (Å²) in [4.78, 5) is 73.3. The first kappa shape index (κ1) is 32.2. The van der Waals surface area contributed by atoms with Crippen LogP contribution in [0.3, 0.4) is 0 Å². The fraction of sp³-hybridized carbons (Fsp3) is 0.296. The molecule has 3 heterocycles. The summed E-state index contributed by atoms with van der Waals surface area (Å²) >= 11 is 2.46. The van der Waals surface area contributed by atoms with E-state index in [9.17, 15) is 24.0 Å². The number of fused-ring (bicyclic) bond motifs is 1. The molecule has 4 rings (SSSR count). The summed E-state index contributed by atoms with van der Waals surface area (Å²) in [6, 6.07) is 4.52. The molecule has 0 bridgehead atoms. The fourth-order valence-electron chi connectivity index (χ4n) is 4.04. The minimum absolute atomic E-state index is 0.0193. The number of thioether (sulfide) groups is 1. The molecule has 2 aromatic rings. The third-order valence-corrected chi connectivity index (χ3v) is 8.04. The van der Waals surface area contributed by atoms with E-state index in [1.165, 1.54) is 53.4 Å². The number of aromatic nitrogens is 1. The predicted molar refractivity (Wildman–Crippen MR) is 159 cm³/mol. The molecule has 0 radical (unpaired) electrons. The van der Waals surface area contributed by atoms with Gasteiger partial charge in [0.2, 0.25) is 6.79 Å². The van der Waals surface area contributed by atoms with Crippen molar-refractivity contribution < 1.29 is 43.0 Å². The summed E-state index contributed by atoms with van der Waals surface area (Å²) in [6.07, 6.45) is 4.23. The van der Waals surface area contributed by atoms with Gasteiger partial charge in [0.1, 0.15) is 35.7 Å². The van der Waals surface area contributed by atoms with Crippen molar-refractivity contribution in [1.29, 1.82) is 0 Å². The second kappa shape index (κ2) is 14.6. The molecule has 0 spiro atoms. The summed E-state index contributed by atoms with van der Waals surface area (Å²) in [5, 5.41) is 7.50. The zero-order chi connectivity index (χ0) is 31.8. The molecule has 2 amide bonds. The van der Waals surface area contributed by atoms with E-state index in [2.05, 4.69) is 15.5 Å². The Morgan fingerprint density at radius 1 is 1.18 bits per heavy atom. The largest absolute Gasteiger partial charge is 0.426 e. The van der Waals surface area contributed by atoms with Crippen LogP contribution in [-0.4, -0.2) is 82.9 Å². The topological polar surface area (TPSA) is 215 Å². The zero-order valence-corrected chi connectivity index (χ0v) is 25.1. The van der Waals surface area contributed by atoms with E-state index >= 15 is 0 Å². The molecule has 0 unspecified atom stereocenters. The number of nitrogens with two attached hydrogens (primary N) is 2. The maximum atomic E-state index is 13.3. The van der Waals surface area contributed by atoms with Crippen LogP contribution in [0.2, 0.25) is 0 Å². The molecule has 232 valence electrons. The highest BCUT2D eigenvalue weighted by Gasteiger charge is 2.54. The molecule has 1 aromatic heterocycles. The molecule has 44 heavy (non-hydrogen) atoms. The average Bonchev–Trinajstić information content (AvgIpc) is 3.46. The first-order valence-corrected chi connectivity index (χ1v) is 14.9. The number of carbonyl (C=O) groups is 5. The van der Waals surface area contributed by atoms with Crippen LogP contribution in [0.25, 0.3) is 0 Å². The highest BCUT2D eigenvalue weighted by Crippen LogP contribution is 2.41. The van der Waals surface area contributed by atoms with Crippen molar-refractivity contribution in [2.45, 2.75) is 24.8 Å². The van der Waals surface area contributed by atoms with E-state index in [-0.39, 0.29) is 40.1 Å². The Labute approximate surface area is 259 Å². The molecule has 1 aromatic carbocycles. The van der Waals surface area contributed by atoms with Gasteiger partial charge in [-0.3, -0.25) is 19.3 Å². The monoisotopic (exact) mass is 644 g/mol. The average molecular weight is 645 g/mol. The Hall–Kier alpha value is -4.74. The van der Waals surface area contributed by atoms with Crippen LogP contribution in [0.15, 0.2) is 58.2 Å². The lowest BCUT2D eigenvalue weighted by atomic mass is 10.0. The zero-order valence-electron chi connectivity index (χ0n) is 23.5. The Bertz CT molecular complexity index is 1540. The molecule has 15 nitrogen and oxygen atoms in total. The molecule has 1 fully saturated rings. The maximum absolute atomic E-state index is 13.3. The van der Waals surface area contributed by atoms with Crippen LogP contribution in [0.1, 0.15) is 29.4 Å². The van der Waals surface area contributed by atoms with Crippen molar-refractivity contribution in [3.8, 4) is 5.75 Å². The molecular weight excluding hydrogens is 616 g/mol. The van der Waals surface area contributed by atoms with Crippen molar-refractivity contribution in [2.24, 2.45) is 10.9 Å². The van der Waals surface area contributed by atoms with Crippen molar-refractivity contribution in [3.05, 3.63) is 64.3 Å². The third kappa shape index (κ3) is 7.24. The fourth-order valence-corrected chi connectivity index (χ4v) is 5.91. The molecule has 2 aliphatic rings. The molecule has 1 saturated heterocycles. The number of nitrogen functional groups attached to an aromatic ring is 1. The van der Waals surface area contributed by atoms with E-state index in [4.69, 9.17) is 30.5 Å². The number of allylic oxidation sites excluding steroid dienone is 2. The lowest BCUT2D eigenvalue weighted by Crippen LogP contribution is -2.71. The number of oxime groups is 1. The first-order valence-electron chi connectivity index (χ1n) is 13.0. The summed E-state index contributed by atoms with van der Waals surface area (Å²) in [7, 11) is 1.26. The van der Waals surface area contributed by atoms with Crippen LogP contribution in [0, 0.1) is 0 Å². The van der Waals surface area contributed by atoms with Gasteiger partial charge in [0.05, 0.1) is 12.1 Å². The van der Waals surface area contributed by atoms with Gasteiger partial charge in [0.25, 0.3) is 11.8 Å². The number of thiazole rings is 1. The predicted octanol–water partition coefficient (Wildman–Crippen LogP) is 0.918. The molecule has 2 aliphatic heterocycles. The van der Waals surface area contributed by atoms with Gasteiger partial charge in [-0.2, -0.15) is 0 Å². The number of hydrogen-bond acceptors (Lipinski definition) is 15. The number of anilines is 1. The Morgan fingerprint density at radius 3 is 2.55 bits per heavy atom. The quantitative estimate of drug-likeness (QED) is 0.0733. The maximum Gasteiger partial charge on any atom is 0.358 e. The minimum Gasteiger partial charge on any atom is -0.426 e. The molecule has 0 saturated carbocycles. The second-order valence-electron chi connectivity index (χ2n) is 8.92. The van der Waals surface area contributed by atoms with E-state index < -0.39 is 47.9 Å². The number of rotatable bonds is 12. The number of nitrogens with one attached hydrogen (secondary N) is 1. The van der Waals surface area contributed by atoms with E-state index in [0.717, 1.165) is 11.3 Å². The van der Waals surface area contributed by atoms with Gasteiger partial charge < -0.3 is 35.8 Å². The number of amides is 2. The number of hydrogen-bond donors (Lipinski definition) is 3. The Balaban J connectivity index is 1.41. The van der Waals surface area contributed by atoms with E-state index in [0.29, 0.717) is 17.7 Å². The SMILES string of the molecule is CC/C=C\C1=C(C(=O)OCOC(=O)c2ccc(OC(=O)CN)cc2)N2C(=O)[C@@H](NC(=O)/C(=N\OC)c3csc(N)n3)[C@H]2SC1. The van der Waals surface area contributed by atoms with Crippen molar-refractivity contribution in [2.75, 3.05) is 31.9 Å². The van der Waals surface area contributed by atoms with Gasteiger partial charge >= 0.3 is 17.9 Å². The second-order valence-corrected chi connectivity index (χ2v) is 10.9. The summed E-state index contributed by atoms with van der Waals surface area (Å²) < 4.78 is 15.2.